The second kappa shape index (κ2) is 7.14. The van der Waals surface area contributed by atoms with E-state index < -0.39 is 10.0 Å². The van der Waals surface area contributed by atoms with Gasteiger partial charge in [-0.3, -0.25) is 0 Å². The van der Waals surface area contributed by atoms with Gasteiger partial charge in [0.05, 0.1) is 0 Å². The van der Waals surface area contributed by atoms with E-state index in [-0.39, 0.29) is 23.8 Å². The summed E-state index contributed by atoms with van der Waals surface area (Å²) in [5.41, 5.74) is 1.45. The molecule has 126 valence electrons. The monoisotopic (exact) mass is 338 g/mol. The van der Waals surface area contributed by atoms with Gasteiger partial charge in [0.1, 0.15) is 22.9 Å². The molecule has 0 fully saturated rings. The molecule has 1 N–H and O–H groups in total. The summed E-state index contributed by atoms with van der Waals surface area (Å²) >= 11 is 0. The quantitative estimate of drug-likeness (QED) is 0.785. The van der Waals surface area contributed by atoms with E-state index in [0.717, 1.165) is 11.3 Å². The molecule has 0 aliphatic rings. The average Bonchev–Trinajstić information content (AvgIpc) is 2.83. The first-order valence-electron chi connectivity index (χ1n) is 7.47. The average molecular weight is 338 g/mol. The second-order valence-corrected chi connectivity index (χ2v) is 7.30. The Bertz CT molecular complexity index is 747. The van der Waals surface area contributed by atoms with Crippen molar-refractivity contribution in [2.24, 2.45) is 0 Å². The lowest BCUT2D eigenvalue weighted by Crippen LogP contribution is -2.29. The summed E-state index contributed by atoms with van der Waals surface area (Å²) in [6.45, 7) is 7.75. The first kappa shape index (κ1) is 17.5. The van der Waals surface area contributed by atoms with Crippen molar-refractivity contribution in [1.82, 2.24) is 9.88 Å². The fraction of sp³-hybridized carbons (Fsp3) is 0.438. The molecule has 2 rings (SSSR count). The highest BCUT2D eigenvalue weighted by Gasteiger charge is 2.23. The van der Waals surface area contributed by atoms with E-state index in [9.17, 15) is 8.42 Å². The number of nitrogens with zero attached hydrogens (tertiary/aromatic N) is 1. The number of aromatic nitrogens is 1. The maximum absolute atomic E-state index is 12.3. The highest BCUT2D eigenvalue weighted by atomic mass is 32.2. The van der Waals surface area contributed by atoms with Crippen molar-refractivity contribution in [3.8, 4) is 5.75 Å². The number of rotatable bonds is 7. The van der Waals surface area contributed by atoms with E-state index >= 15 is 0 Å². The largest absolute Gasteiger partial charge is 0.492 e. The highest BCUT2D eigenvalue weighted by molar-refractivity contribution is 7.89. The zero-order valence-electron chi connectivity index (χ0n) is 13.8. The summed E-state index contributed by atoms with van der Waals surface area (Å²) in [6.07, 6.45) is 0. The molecular formula is C16H22N2O4S. The Labute approximate surface area is 136 Å². The third kappa shape index (κ3) is 4.11. The number of hydrogen-bond donors (Lipinski definition) is 1. The van der Waals surface area contributed by atoms with Crippen molar-refractivity contribution in [2.75, 3.05) is 13.2 Å². The van der Waals surface area contributed by atoms with Crippen LogP contribution >= 0.6 is 0 Å². The van der Waals surface area contributed by atoms with Gasteiger partial charge in [-0.15, -0.1) is 0 Å². The third-order valence-corrected chi connectivity index (χ3v) is 5.13. The standard InChI is InChI=1S/C16H22N2O4S/c1-11(2)14-7-5-6-8-15(14)21-10-9-17-23(19,20)16-12(3)18-22-13(16)4/h5-8,11,17H,9-10H2,1-4H3. The Morgan fingerprint density at radius 3 is 2.57 bits per heavy atom. The molecule has 0 saturated heterocycles. The Morgan fingerprint density at radius 1 is 1.26 bits per heavy atom. The van der Waals surface area contributed by atoms with Gasteiger partial charge in [0.25, 0.3) is 0 Å². The van der Waals surface area contributed by atoms with Crippen LogP contribution in [0.3, 0.4) is 0 Å². The van der Waals surface area contributed by atoms with Crippen LogP contribution < -0.4 is 9.46 Å². The van der Waals surface area contributed by atoms with E-state index in [1.165, 1.54) is 0 Å². The molecular weight excluding hydrogens is 316 g/mol. The van der Waals surface area contributed by atoms with Gasteiger partial charge in [-0.1, -0.05) is 37.2 Å². The van der Waals surface area contributed by atoms with Crippen LogP contribution in [0.5, 0.6) is 5.75 Å². The number of benzene rings is 1. The third-order valence-electron chi connectivity index (χ3n) is 3.43. The summed E-state index contributed by atoms with van der Waals surface area (Å²) in [7, 11) is -3.65. The predicted octanol–water partition coefficient (Wildman–Crippen LogP) is 2.77. The van der Waals surface area contributed by atoms with E-state index in [1.54, 1.807) is 13.8 Å². The number of hydrogen-bond acceptors (Lipinski definition) is 5. The van der Waals surface area contributed by atoms with Crippen molar-refractivity contribution in [3.63, 3.8) is 0 Å². The molecule has 0 unspecified atom stereocenters. The van der Waals surface area contributed by atoms with Crippen molar-refractivity contribution in [3.05, 3.63) is 41.3 Å². The first-order valence-corrected chi connectivity index (χ1v) is 8.95. The molecule has 0 radical (unpaired) electrons. The smallest absolute Gasteiger partial charge is 0.246 e. The minimum Gasteiger partial charge on any atom is -0.492 e. The second-order valence-electron chi connectivity index (χ2n) is 5.59. The van der Waals surface area contributed by atoms with Crippen LogP contribution in [0.4, 0.5) is 0 Å². The Morgan fingerprint density at radius 2 is 1.96 bits per heavy atom. The number of aryl methyl sites for hydroxylation is 2. The van der Waals surface area contributed by atoms with Gasteiger partial charge in [0, 0.05) is 6.54 Å². The lowest BCUT2D eigenvalue weighted by Gasteiger charge is -2.14. The number of ether oxygens (including phenoxy) is 1. The van der Waals surface area contributed by atoms with Crippen molar-refractivity contribution >= 4 is 10.0 Å². The van der Waals surface area contributed by atoms with Gasteiger partial charge in [-0.05, 0) is 31.4 Å². The Kier molecular flexibility index (Phi) is 5.43. The maximum atomic E-state index is 12.3. The fourth-order valence-electron chi connectivity index (χ4n) is 2.36. The molecule has 0 aliphatic heterocycles. The normalized spacial score (nSPS) is 11.9. The van der Waals surface area contributed by atoms with Crippen LogP contribution in [-0.2, 0) is 10.0 Å². The molecule has 2 aromatic rings. The molecule has 0 saturated carbocycles. The summed E-state index contributed by atoms with van der Waals surface area (Å²) < 4.78 is 37.6. The van der Waals surface area contributed by atoms with Gasteiger partial charge >= 0.3 is 0 Å². The van der Waals surface area contributed by atoms with Gasteiger partial charge < -0.3 is 9.26 Å². The molecule has 0 atom stereocenters. The molecule has 23 heavy (non-hydrogen) atoms. The van der Waals surface area contributed by atoms with E-state index in [0.29, 0.717) is 11.6 Å². The molecule has 0 amide bonds. The van der Waals surface area contributed by atoms with Gasteiger partial charge in [0.2, 0.25) is 10.0 Å². The van der Waals surface area contributed by atoms with E-state index in [4.69, 9.17) is 9.26 Å². The number of nitrogens with one attached hydrogen (secondary N) is 1. The Hall–Kier alpha value is -1.86. The summed E-state index contributed by atoms with van der Waals surface area (Å²) in [4.78, 5) is 0.0973. The van der Waals surface area contributed by atoms with Crippen molar-refractivity contribution in [2.45, 2.75) is 38.5 Å². The van der Waals surface area contributed by atoms with Gasteiger partial charge in [-0.25, -0.2) is 13.1 Å². The summed E-state index contributed by atoms with van der Waals surface area (Å²) in [5, 5.41) is 3.66. The SMILES string of the molecule is Cc1noc(C)c1S(=O)(=O)NCCOc1ccccc1C(C)C. The van der Waals surface area contributed by atoms with Crippen molar-refractivity contribution < 1.29 is 17.7 Å². The highest BCUT2D eigenvalue weighted by Crippen LogP contribution is 2.25. The van der Waals surface area contributed by atoms with Gasteiger partial charge in [0.15, 0.2) is 5.76 Å². The van der Waals surface area contributed by atoms with Crippen molar-refractivity contribution in [1.29, 1.82) is 0 Å². The number of para-hydroxylation sites is 1. The molecule has 1 heterocycles. The van der Waals surface area contributed by atoms with Crippen LogP contribution in [0.15, 0.2) is 33.7 Å². The minimum absolute atomic E-state index is 0.0973. The first-order chi connectivity index (χ1) is 10.8. The predicted molar refractivity (Wildman–Crippen MR) is 87.2 cm³/mol. The zero-order valence-corrected chi connectivity index (χ0v) is 14.6. The molecule has 1 aromatic carbocycles. The fourth-order valence-corrected chi connectivity index (χ4v) is 3.69. The summed E-state index contributed by atoms with van der Waals surface area (Å²) in [5.74, 6) is 1.39. The molecule has 6 nitrogen and oxygen atoms in total. The lowest BCUT2D eigenvalue weighted by atomic mass is 10.0. The molecule has 7 heteroatoms. The minimum atomic E-state index is -3.65. The van der Waals surface area contributed by atoms with Crippen LogP contribution in [0.25, 0.3) is 0 Å². The van der Waals surface area contributed by atoms with E-state index in [1.807, 2.05) is 24.3 Å². The topological polar surface area (TPSA) is 81.4 Å². The molecule has 0 spiro atoms. The molecule has 1 aromatic heterocycles. The number of sulfonamides is 1. The van der Waals surface area contributed by atoms with E-state index in [2.05, 4.69) is 23.7 Å². The molecule has 0 bridgehead atoms. The maximum Gasteiger partial charge on any atom is 0.246 e. The Balaban J connectivity index is 1.96. The van der Waals surface area contributed by atoms with Gasteiger partial charge in [-0.2, -0.15) is 0 Å². The zero-order chi connectivity index (χ0) is 17.0. The van der Waals surface area contributed by atoms with Crippen LogP contribution in [0.1, 0.15) is 36.8 Å². The summed E-state index contributed by atoms with van der Waals surface area (Å²) in [6, 6.07) is 7.75. The van der Waals surface area contributed by atoms with Crippen LogP contribution in [-0.4, -0.2) is 26.7 Å². The molecule has 0 aliphatic carbocycles. The van der Waals surface area contributed by atoms with Crippen LogP contribution in [0, 0.1) is 13.8 Å². The van der Waals surface area contributed by atoms with Crippen LogP contribution in [0.2, 0.25) is 0 Å². The lowest BCUT2D eigenvalue weighted by molar-refractivity contribution is 0.318.